The lowest BCUT2D eigenvalue weighted by Crippen LogP contribution is -2.62. The lowest BCUT2D eigenvalue weighted by atomic mass is 9.94. The van der Waals surface area contributed by atoms with Crippen molar-refractivity contribution in [3.05, 3.63) is 16.6 Å². The number of nitrogens with zero attached hydrogens (tertiary/aromatic N) is 2. The van der Waals surface area contributed by atoms with Crippen molar-refractivity contribution in [2.24, 2.45) is 0 Å². The van der Waals surface area contributed by atoms with Crippen molar-refractivity contribution in [1.29, 1.82) is 0 Å². The van der Waals surface area contributed by atoms with Gasteiger partial charge in [0.15, 0.2) is 0 Å². The van der Waals surface area contributed by atoms with E-state index in [0.717, 1.165) is 26.1 Å². The first-order valence-corrected chi connectivity index (χ1v) is 7.38. The highest BCUT2D eigenvalue weighted by Gasteiger charge is 2.32. The van der Waals surface area contributed by atoms with Crippen LogP contribution in [0.1, 0.15) is 32.2 Å². The third-order valence-electron chi connectivity index (χ3n) is 3.88. The van der Waals surface area contributed by atoms with Crippen LogP contribution in [0.4, 0.5) is 0 Å². The summed E-state index contributed by atoms with van der Waals surface area (Å²) in [5.41, 5.74) is 0.287. The summed E-state index contributed by atoms with van der Waals surface area (Å²) >= 11 is 1.76. The maximum Gasteiger partial charge on any atom is 0.0937 e. The molecule has 0 saturated carbocycles. The van der Waals surface area contributed by atoms with Gasteiger partial charge in [-0.2, -0.15) is 0 Å². The zero-order chi connectivity index (χ0) is 12.3. The molecule has 0 aromatic carbocycles. The molecule has 1 N–H and O–H groups in total. The highest BCUT2D eigenvalue weighted by molar-refractivity contribution is 7.09. The summed E-state index contributed by atoms with van der Waals surface area (Å²) in [5.74, 6) is 0. The van der Waals surface area contributed by atoms with Crippen LogP contribution >= 0.6 is 11.3 Å². The van der Waals surface area contributed by atoms with Crippen molar-refractivity contribution >= 4 is 11.3 Å². The van der Waals surface area contributed by atoms with Crippen LogP contribution in [0.25, 0.3) is 0 Å². The molecule has 4 heteroatoms. The second kappa shape index (κ2) is 5.46. The van der Waals surface area contributed by atoms with Gasteiger partial charge in [-0.15, -0.1) is 11.3 Å². The molecule has 2 atom stereocenters. The minimum absolute atomic E-state index is 0.287. The number of piperazine rings is 1. The fourth-order valence-electron chi connectivity index (χ4n) is 2.34. The fourth-order valence-corrected chi connectivity index (χ4v) is 2.94. The lowest BCUT2D eigenvalue weighted by Gasteiger charge is -2.45. The minimum atomic E-state index is 0.287. The van der Waals surface area contributed by atoms with Crippen molar-refractivity contribution in [3.8, 4) is 0 Å². The summed E-state index contributed by atoms with van der Waals surface area (Å²) in [6, 6.07) is 0.634. The van der Waals surface area contributed by atoms with E-state index in [1.807, 2.05) is 6.20 Å². The Morgan fingerprint density at radius 3 is 3.12 bits per heavy atom. The van der Waals surface area contributed by atoms with Crippen molar-refractivity contribution in [3.63, 3.8) is 0 Å². The molecule has 3 nitrogen and oxygen atoms in total. The summed E-state index contributed by atoms with van der Waals surface area (Å²) in [6.07, 6.45) is 4.17. The van der Waals surface area contributed by atoms with Crippen LogP contribution in [0.2, 0.25) is 0 Å². The zero-order valence-corrected chi connectivity index (χ0v) is 11.9. The maximum absolute atomic E-state index is 4.36. The molecule has 1 aromatic rings. The van der Waals surface area contributed by atoms with E-state index >= 15 is 0 Å². The van der Waals surface area contributed by atoms with Crippen LogP contribution in [-0.2, 0) is 6.42 Å². The molecule has 0 spiro atoms. The summed E-state index contributed by atoms with van der Waals surface area (Å²) < 4.78 is 0. The number of thiazole rings is 1. The van der Waals surface area contributed by atoms with Crippen LogP contribution in [-0.4, -0.2) is 41.1 Å². The van der Waals surface area contributed by atoms with Gasteiger partial charge >= 0.3 is 0 Å². The van der Waals surface area contributed by atoms with Crippen molar-refractivity contribution < 1.29 is 0 Å². The number of hydrogen-bond acceptors (Lipinski definition) is 4. The Bertz CT molecular complexity index is 338. The molecule has 2 heterocycles. The molecule has 0 amide bonds. The van der Waals surface area contributed by atoms with Crippen molar-refractivity contribution in [2.45, 2.75) is 45.2 Å². The van der Waals surface area contributed by atoms with Crippen molar-refractivity contribution in [1.82, 2.24) is 15.2 Å². The van der Waals surface area contributed by atoms with Crippen molar-refractivity contribution in [2.75, 3.05) is 19.6 Å². The molecule has 1 aromatic heterocycles. The molecular weight excluding hydrogens is 230 g/mol. The van der Waals surface area contributed by atoms with E-state index < -0.39 is 0 Å². The van der Waals surface area contributed by atoms with E-state index in [1.54, 1.807) is 11.3 Å². The first-order chi connectivity index (χ1) is 8.13. The number of rotatable bonds is 4. The summed E-state index contributed by atoms with van der Waals surface area (Å²) in [4.78, 5) is 6.96. The van der Waals surface area contributed by atoms with Gasteiger partial charge in [-0.1, -0.05) is 6.92 Å². The van der Waals surface area contributed by atoms with Crippen LogP contribution in [0.5, 0.6) is 0 Å². The molecule has 1 aliphatic heterocycles. The normalized spacial score (nSPS) is 30.6. The SMILES string of the molecule is CCC1(C)CN(CCc2nccs2)C(C)CN1. The molecule has 0 radical (unpaired) electrons. The lowest BCUT2D eigenvalue weighted by molar-refractivity contribution is 0.0944. The molecule has 1 aliphatic rings. The van der Waals surface area contributed by atoms with Gasteiger partial charge in [-0.05, 0) is 20.3 Å². The van der Waals surface area contributed by atoms with Gasteiger partial charge in [0.1, 0.15) is 0 Å². The first-order valence-electron chi connectivity index (χ1n) is 6.50. The van der Waals surface area contributed by atoms with E-state index in [1.165, 1.54) is 11.4 Å². The Morgan fingerprint density at radius 2 is 2.47 bits per heavy atom. The average Bonchev–Trinajstić information content (AvgIpc) is 2.84. The van der Waals surface area contributed by atoms with E-state index in [2.05, 4.69) is 41.4 Å². The molecule has 17 heavy (non-hydrogen) atoms. The van der Waals surface area contributed by atoms with Gasteiger partial charge in [0, 0.05) is 49.2 Å². The van der Waals surface area contributed by atoms with Crippen LogP contribution in [0.15, 0.2) is 11.6 Å². The largest absolute Gasteiger partial charge is 0.309 e. The third-order valence-corrected chi connectivity index (χ3v) is 4.72. The zero-order valence-electron chi connectivity index (χ0n) is 11.1. The molecule has 2 rings (SSSR count). The smallest absolute Gasteiger partial charge is 0.0937 e. The van der Waals surface area contributed by atoms with Gasteiger partial charge in [-0.3, -0.25) is 4.90 Å². The number of nitrogens with one attached hydrogen (secondary N) is 1. The average molecular weight is 253 g/mol. The summed E-state index contributed by atoms with van der Waals surface area (Å²) in [6.45, 7) is 10.3. The quantitative estimate of drug-likeness (QED) is 0.891. The molecule has 0 bridgehead atoms. The van der Waals surface area contributed by atoms with E-state index in [0.29, 0.717) is 6.04 Å². The van der Waals surface area contributed by atoms with Gasteiger partial charge in [0.25, 0.3) is 0 Å². The standard InChI is InChI=1S/C13H23N3S/c1-4-13(3)10-16(11(2)9-15-13)7-5-12-14-6-8-17-12/h6,8,11,15H,4-5,7,9-10H2,1-3H3. The number of hydrogen-bond donors (Lipinski definition) is 1. The van der Waals surface area contributed by atoms with Gasteiger partial charge in [0.05, 0.1) is 5.01 Å². The third kappa shape index (κ3) is 3.27. The Hall–Kier alpha value is -0.450. The second-order valence-electron chi connectivity index (χ2n) is 5.29. The Balaban J connectivity index is 1.89. The van der Waals surface area contributed by atoms with Gasteiger partial charge < -0.3 is 5.32 Å². The highest BCUT2D eigenvalue weighted by atomic mass is 32.1. The van der Waals surface area contributed by atoms with Crippen LogP contribution in [0.3, 0.4) is 0 Å². The fraction of sp³-hybridized carbons (Fsp3) is 0.769. The minimum Gasteiger partial charge on any atom is -0.309 e. The molecule has 2 unspecified atom stereocenters. The Morgan fingerprint density at radius 1 is 1.65 bits per heavy atom. The second-order valence-corrected chi connectivity index (χ2v) is 6.27. The summed E-state index contributed by atoms with van der Waals surface area (Å²) in [7, 11) is 0. The highest BCUT2D eigenvalue weighted by Crippen LogP contribution is 2.19. The Kier molecular flexibility index (Phi) is 4.17. The maximum atomic E-state index is 4.36. The van der Waals surface area contributed by atoms with E-state index in [9.17, 15) is 0 Å². The van der Waals surface area contributed by atoms with Crippen LogP contribution in [0, 0.1) is 0 Å². The van der Waals surface area contributed by atoms with Crippen LogP contribution < -0.4 is 5.32 Å². The first kappa shape index (κ1) is 13.0. The topological polar surface area (TPSA) is 28.2 Å². The molecule has 0 aliphatic carbocycles. The summed E-state index contributed by atoms with van der Waals surface area (Å²) in [5, 5.41) is 6.98. The number of aromatic nitrogens is 1. The predicted molar refractivity (Wildman–Crippen MR) is 73.6 cm³/mol. The van der Waals surface area contributed by atoms with E-state index in [4.69, 9.17) is 0 Å². The predicted octanol–water partition coefficient (Wildman–Crippen LogP) is 2.15. The van der Waals surface area contributed by atoms with Gasteiger partial charge in [0.2, 0.25) is 0 Å². The Labute approximate surface area is 108 Å². The van der Waals surface area contributed by atoms with E-state index in [-0.39, 0.29) is 5.54 Å². The molecule has 96 valence electrons. The molecule has 1 fully saturated rings. The monoisotopic (exact) mass is 253 g/mol. The van der Waals surface area contributed by atoms with Gasteiger partial charge in [-0.25, -0.2) is 4.98 Å². The molecular formula is C13H23N3S. The molecule has 1 saturated heterocycles.